The number of benzene rings is 1. The first-order valence-corrected chi connectivity index (χ1v) is 12.0. The number of aromatic nitrogens is 2. The Morgan fingerprint density at radius 1 is 1.31 bits per heavy atom. The predicted molar refractivity (Wildman–Crippen MR) is 111 cm³/mol. The molecule has 9 heteroatoms. The summed E-state index contributed by atoms with van der Waals surface area (Å²) < 4.78 is 38.2. The van der Waals surface area contributed by atoms with Crippen LogP contribution in [0, 0.1) is 5.92 Å². The van der Waals surface area contributed by atoms with Gasteiger partial charge in [0.05, 0.1) is 18.5 Å². The van der Waals surface area contributed by atoms with Crippen LogP contribution in [-0.4, -0.2) is 48.7 Å². The molecule has 1 aromatic heterocycles. The van der Waals surface area contributed by atoms with Crippen molar-refractivity contribution in [2.45, 2.75) is 51.4 Å². The van der Waals surface area contributed by atoms with E-state index in [0.29, 0.717) is 48.8 Å². The molecular weight excluding hydrogens is 414 g/mol. The van der Waals surface area contributed by atoms with E-state index in [0.717, 1.165) is 24.8 Å². The van der Waals surface area contributed by atoms with E-state index >= 15 is 0 Å². The fraction of sp³-hybridized carbons (Fsp3) is 0.600. The van der Waals surface area contributed by atoms with Gasteiger partial charge in [-0.05, 0) is 36.5 Å². The Morgan fingerprint density at radius 2 is 2.07 bits per heavy atom. The van der Waals surface area contributed by atoms with Crippen molar-refractivity contribution >= 4 is 21.6 Å². The first-order valence-electron chi connectivity index (χ1n) is 9.97. The van der Waals surface area contributed by atoms with Crippen LogP contribution in [0.1, 0.15) is 44.0 Å². The van der Waals surface area contributed by atoms with Crippen LogP contribution in [0.4, 0.5) is 0 Å². The topological polar surface area (TPSA) is 85.5 Å². The molecule has 0 spiro atoms. The van der Waals surface area contributed by atoms with E-state index in [1.165, 1.54) is 4.31 Å². The van der Waals surface area contributed by atoms with Crippen LogP contribution >= 0.6 is 11.6 Å². The van der Waals surface area contributed by atoms with Crippen molar-refractivity contribution in [2.24, 2.45) is 5.92 Å². The summed E-state index contributed by atoms with van der Waals surface area (Å²) >= 11 is 5.88. The maximum Gasteiger partial charge on any atom is 0.226 e. The van der Waals surface area contributed by atoms with Crippen LogP contribution in [-0.2, 0) is 33.4 Å². The quantitative estimate of drug-likeness (QED) is 0.592. The molecule has 2 aromatic rings. The molecule has 1 fully saturated rings. The van der Waals surface area contributed by atoms with Gasteiger partial charge in [-0.25, -0.2) is 8.42 Å². The molecule has 0 aliphatic carbocycles. The van der Waals surface area contributed by atoms with Gasteiger partial charge in [-0.3, -0.25) is 0 Å². The van der Waals surface area contributed by atoms with Gasteiger partial charge in [-0.1, -0.05) is 42.7 Å². The Bertz CT molecular complexity index is 883. The highest BCUT2D eigenvalue weighted by Crippen LogP contribution is 2.20. The summed E-state index contributed by atoms with van der Waals surface area (Å²) in [4.78, 5) is 4.37. The molecule has 1 unspecified atom stereocenters. The van der Waals surface area contributed by atoms with Crippen LogP contribution in [0.25, 0.3) is 0 Å². The highest BCUT2D eigenvalue weighted by atomic mass is 35.5. The van der Waals surface area contributed by atoms with Crippen molar-refractivity contribution in [1.29, 1.82) is 0 Å². The molecule has 1 aromatic carbocycles. The Morgan fingerprint density at radius 3 is 2.79 bits per heavy atom. The number of piperidine rings is 1. The van der Waals surface area contributed by atoms with Crippen molar-refractivity contribution < 1.29 is 17.7 Å². The van der Waals surface area contributed by atoms with E-state index in [1.54, 1.807) is 24.3 Å². The van der Waals surface area contributed by atoms with Crippen molar-refractivity contribution in [3.8, 4) is 0 Å². The normalized spacial score (nSPS) is 18.4. The Hall–Kier alpha value is -1.48. The number of hydrogen-bond donors (Lipinski definition) is 0. The molecule has 1 atom stereocenters. The highest BCUT2D eigenvalue weighted by Gasteiger charge is 2.29. The molecule has 7 nitrogen and oxygen atoms in total. The lowest BCUT2D eigenvalue weighted by Crippen LogP contribution is -2.43. The maximum atomic E-state index is 12.8. The van der Waals surface area contributed by atoms with E-state index in [-0.39, 0.29) is 11.9 Å². The number of halogens is 1. The minimum Gasteiger partial charge on any atom is -0.376 e. The lowest BCUT2D eigenvalue weighted by molar-refractivity contribution is 0.0198. The first kappa shape index (κ1) is 22.2. The average Bonchev–Trinajstić information content (AvgIpc) is 3.10. The molecule has 160 valence electrons. The number of hydrogen-bond acceptors (Lipinski definition) is 6. The highest BCUT2D eigenvalue weighted by molar-refractivity contribution is 7.88. The third-order valence-electron chi connectivity index (χ3n) is 4.77. The minimum absolute atomic E-state index is 0.0294. The van der Waals surface area contributed by atoms with Crippen LogP contribution in [0.5, 0.6) is 0 Å². The van der Waals surface area contributed by atoms with Crippen LogP contribution in [0.15, 0.2) is 28.8 Å². The zero-order valence-electron chi connectivity index (χ0n) is 16.9. The Kier molecular flexibility index (Phi) is 7.67. The third-order valence-corrected chi connectivity index (χ3v) is 6.84. The largest absolute Gasteiger partial charge is 0.376 e. The van der Waals surface area contributed by atoms with E-state index in [2.05, 4.69) is 24.0 Å². The van der Waals surface area contributed by atoms with Gasteiger partial charge in [0.15, 0.2) is 5.82 Å². The molecule has 1 aliphatic rings. The summed E-state index contributed by atoms with van der Waals surface area (Å²) in [7, 11) is -3.40. The zero-order chi connectivity index (χ0) is 20.9. The molecule has 0 radical (unpaired) electrons. The van der Waals surface area contributed by atoms with Gasteiger partial charge in [0.25, 0.3) is 0 Å². The molecule has 29 heavy (non-hydrogen) atoms. The summed E-state index contributed by atoms with van der Waals surface area (Å²) in [5, 5.41) is 4.57. The lowest BCUT2D eigenvalue weighted by atomic mass is 10.1. The number of nitrogens with zero attached hydrogens (tertiary/aromatic N) is 3. The number of sulfonamides is 1. The maximum absolute atomic E-state index is 12.8. The van der Waals surface area contributed by atoms with Gasteiger partial charge in [-0.2, -0.15) is 9.29 Å². The second-order valence-electron chi connectivity index (χ2n) is 7.83. The van der Waals surface area contributed by atoms with E-state index < -0.39 is 10.0 Å². The molecule has 0 saturated carbocycles. The molecular formula is C20H28ClN3O4S. The van der Waals surface area contributed by atoms with Gasteiger partial charge in [-0.15, -0.1) is 0 Å². The molecule has 2 heterocycles. The van der Waals surface area contributed by atoms with E-state index in [9.17, 15) is 8.42 Å². The van der Waals surface area contributed by atoms with Crippen LogP contribution in [0.2, 0.25) is 5.02 Å². The summed E-state index contributed by atoms with van der Waals surface area (Å²) in [5.74, 6) is 1.71. The summed E-state index contributed by atoms with van der Waals surface area (Å²) in [6, 6.07) is 6.91. The molecule has 1 saturated heterocycles. The lowest BCUT2D eigenvalue weighted by Gasteiger charge is -2.31. The second-order valence-corrected chi connectivity index (χ2v) is 10.2. The van der Waals surface area contributed by atoms with Crippen molar-refractivity contribution in [3.05, 3.63) is 46.6 Å². The van der Waals surface area contributed by atoms with E-state index in [4.69, 9.17) is 20.9 Å². The minimum atomic E-state index is -3.40. The van der Waals surface area contributed by atoms with Crippen molar-refractivity contribution in [2.75, 3.05) is 19.7 Å². The standard InChI is InChI=1S/C20H28ClN3O4S/c1-15(2)12-20-22-19(23-28-20)9-11-27-18-4-3-10-24(13-18)29(25,26)14-16-5-7-17(21)8-6-16/h5-8,15,18H,3-4,9-14H2,1-2H3. The Balaban J connectivity index is 1.48. The zero-order valence-corrected chi connectivity index (χ0v) is 18.5. The monoisotopic (exact) mass is 441 g/mol. The average molecular weight is 442 g/mol. The first-order chi connectivity index (χ1) is 13.8. The van der Waals surface area contributed by atoms with Gasteiger partial charge in [0.1, 0.15) is 0 Å². The SMILES string of the molecule is CC(C)Cc1nc(CCOC2CCCN(S(=O)(=O)Cc3ccc(Cl)cc3)C2)no1. The van der Waals surface area contributed by atoms with E-state index in [1.807, 2.05) is 0 Å². The van der Waals surface area contributed by atoms with Crippen molar-refractivity contribution in [3.63, 3.8) is 0 Å². The molecule has 0 N–H and O–H groups in total. The fourth-order valence-electron chi connectivity index (χ4n) is 3.32. The Labute approximate surface area is 177 Å². The van der Waals surface area contributed by atoms with Gasteiger partial charge in [0, 0.05) is 31.0 Å². The number of rotatable bonds is 9. The number of ether oxygens (including phenoxy) is 1. The van der Waals surface area contributed by atoms with Gasteiger partial charge >= 0.3 is 0 Å². The van der Waals surface area contributed by atoms with Crippen molar-refractivity contribution in [1.82, 2.24) is 14.4 Å². The fourth-order valence-corrected chi connectivity index (χ4v) is 5.04. The molecule has 0 amide bonds. The molecule has 3 rings (SSSR count). The smallest absolute Gasteiger partial charge is 0.226 e. The van der Waals surface area contributed by atoms with Gasteiger partial charge in [0.2, 0.25) is 15.9 Å². The predicted octanol–water partition coefficient (Wildman–Crippen LogP) is 3.48. The van der Waals surface area contributed by atoms with Crippen LogP contribution < -0.4 is 0 Å². The third kappa shape index (κ3) is 6.77. The molecule has 0 bridgehead atoms. The summed E-state index contributed by atoms with van der Waals surface area (Å²) in [6.45, 7) is 5.54. The summed E-state index contributed by atoms with van der Waals surface area (Å²) in [5.41, 5.74) is 0.728. The van der Waals surface area contributed by atoms with Crippen LogP contribution in [0.3, 0.4) is 0 Å². The second kappa shape index (κ2) is 10.0. The summed E-state index contributed by atoms with van der Waals surface area (Å²) in [6.07, 6.45) is 2.82. The van der Waals surface area contributed by atoms with Gasteiger partial charge < -0.3 is 9.26 Å². The molecule has 1 aliphatic heterocycles.